The van der Waals surface area contributed by atoms with E-state index < -0.39 is 15.8 Å². The molecule has 3 aromatic heterocycles. The summed E-state index contributed by atoms with van der Waals surface area (Å²) in [6.45, 7) is 44.5. The van der Waals surface area contributed by atoms with Crippen LogP contribution in [0, 0.1) is 5.41 Å². The van der Waals surface area contributed by atoms with Gasteiger partial charge in [0, 0.05) is 56.4 Å². The van der Waals surface area contributed by atoms with Crippen LogP contribution in [0.15, 0.2) is 224 Å². The molecule has 0 radical (unpaired) electrons. The lowest BCUT2D eigenvalue weighted by Gasteiger charge is -2.37. The first kappa shape index (κ1) is 74.9. The van der Waals surface area contributed by atoms with Crippen LogP contribution >= 0.6 is 15.8 Å². The van der Waals surface area contributed by atoms with Crippen molar-refractivity contribution in [1.82, 2.24) is 25.3 Å². The molecule has 106 heavy (non-hydrogen) atoms. The monoisotopic (exact) mass is 1430 g/mol. The standard InChI is InChI=1S/C98H107N5OP2/c1-92(2,3)69-52-66(53-70(58-69)93(4,5)6)88-81-46-44-79(100-81)87(64-40-42-65(43-41-64)91(104)99-61-98(19,62-105(75-32-24-20-25-33-75)76-34-26-21-27-35-76)63-106(77-36-28-22-29-37-77)78-38-30-23-31-39-78)80-45-47-82(101-80)89(67-54-71(94(7,8)9)59-72(55-67)95(10,11)12)84-49-51-86(103-84)90(85-50-48-83(88)102-85)68-56-73(96(13,14)15)60-74(57-68)97(16,17)18/h20-60,100,103H,61-63H2,1-19H3,(H,99,104). The largest absolute Gasteiger partial charge is 0.354 e. The predicted molar refractivity (Wildman–Crippen MR) is 461 cm³/mol. The van der Waals surface area contributed by atoms with Crippen LogP contribution in [0.3, 0.4) is 0 Å². The number of carbonyl (C=O) groups is 1. The number of rotatable bonds is 15. The van der Waals surface area contributed by atoms with Gasteiger partial charge in [-0.25, -0.2) is 9.97 Å². The number of H-pyrrole nitrogens is 2. The van der Waals surface area contributed by atoms with E-state index in [0.29, 0.717) is 12.1 Å². The summed E-state index contributed by atoms with van der Waals surface area (Å²) in [4.78, 5) is 35.2. The van der Waals surface area contributed by atoms with Gasteiger partial charge in [-0.3, -0.25) is 4.79 Å². The molecule has 5 heterocycles. The van der Waals surface area contributed by atoms with Crippen molar-refractivity contribution in [3.05, 3.63) is 286 Å². The van der Waals surface area contributed by atoms with E-state index in [0.717, 1.165) is 102 Å². The Morgan fingerprint density at radius 1 is 0.311 bits per heavy atom. The second kappa shape index (κ2) is 29.1. The lowest BCUT2D eigenvalue weighted by atomic mass is 9.78. The Balaban J connectivity index is 1.03. The van der Waals surface area contributed by atoms with Gasteiger partial charge in [0.2, 0.25) is 0 Å². The smallest absolute Gasteiger partial charge is 0.251 e. The maximum absolute atomic E-state index is 15.3. The SMILES string of the molecule is CC(CNC(=O)c1ccc(-c2c3nc(c(-c4cc(C(C)(C)C)cc(C(C)(C)C)c4)c4ccc([nH]4)c(-c4cc(C(C)(C)C)cc(C(C)(C)C)c4)c4nc(c(-c5cc(C(C)(C)C)cc(C(C)(C)C)c5)c5ccc2[nH]5)C=C4)C=C3)cc1)(CP(c1ccccc1)c1ccccc1)CP(c1ccccc1)c1ccccc1. The molecule has 0 unspecified atom stereocenters. The van der Waals surface area contributed by atoms with Crippen molar-refractivity contribution in [1.29, 1.82) is 0 Å². The third-order valence-electron chi connectivity index (χ3n) is 21.1. The Morgan fingerprint density at radius 2 is 0.557 bits per heavy atom. The number of benzene rings is 8. The van der Waals surface area contributed by atoms with E-state index in [1.807, 2.05) is 12.1 Å². The molecule has 0 saturated carbocycles. The van der Waals surface area contributed by atoms with Crippen LogP contribution in [-0.2, 0) is 32.5 Å². The summed E-state index contributed by atoms with van der Waals surface area (Å²) in [6.07, 6.45) is 10.6. The summed E-state index contributed by atoms with van der Waals surface area (Å²) in [5.41, 5.74) is 22.3. The van der Waals surface area contributed by atoms with Gasteiger partial charge in [0.05, 0.1) is 22.8 Å². The molecule has 2 aliphatic rings. The molecule has 8 bridgehead atoms. The highest BCUT2D eigenvalue weighted by Crippen LogP contribution is 2.49. The quantitative estimate of drug-likeness (QED) is 0.0894. The summed E-state index contributed by atoms with van der Waals surface area (Å²) in [7, 11) is -1.62. The van der Waals surface area contributed by atoms with E-state index in [2.05, 4.69) is 383 Å². The molecule has 8 heteroatoms. The van der Waals surface area contributed by atoms with E-state index in [4.69, 9.17) is 9.97 Å². The van der Waals surface area contributed by atoms with Crippen molar-refractivity contribution in [2.24, 2.45) is 5.41 Å². The van der Waals surface area contributed by atoms with Crippen molar-refractivity contribution in [2.75, 3.05) is 18.9 Å². The highest BCUT2D eigenvalue weighted by molar-refractivity contribution is 7.74. The average Bonchev–Trinajstić information content (AvgIpc) is 1.59. The van der Waals surface area contributed by atoms with Gasteiger partial charge in [-0.05, 0) is 204 Å². The zero-order valence-electron chi connectivity index (χ0n) is 66.0. The van der Waals surface area contributed by atoms with Crippen molar-refractivity contribution in [3.63, 3.8) is 0 Å². The second-order valence-corrected chi connectivity index (χ2v) is 40.4. The zero-order chi connectivity index (χ0) is 75.5. The van der Waals surface area contributed by atoms with Crippen molar-refractivity contribution in [2.45, 2.75) is 164 Å². The third kappa shape index (κ3) is 16.5. The molecule has 8 aromatic carbocycles. The fourth-order valence-corrected chi connectivity index (χ4v) is 20.1. The Hall–Kier alpha value is -9.31. The summed E-state index contributed by atoms with van der Waals surface area (Å²) in [5, 5.41) is 8.90. The van der Waals surface area contributed by atoms with Crippen LogP contribution in [0.25, 0.3) is 90.9 Å². The maximum Gasteiger partial charge on any atom is 0.251 e. The fraction of sp³-hybridized carbons (Fsp3) is 0.296. The number of amides is 1. The Morgan fingerprint density at radius 3 is 0.802 bits per heavy atom. The van der Waals surface area contributed by atoms with Crippen LogP contribution in [-0.4, -0.2) is 44.7 Å². The molecule has 540 valence electrons. The minimum atomic E-state index is -0.808. The number of aromatic amines is 2. The molecule has 0 aliphatic carbocycles. The molecule has 2 aliphatic heterocycles. The lowest BCUT2D eigenvalue weighted by Crippen LogP contribution is -2.42. The molecule has 13 rings (SSSR count). The molecule has 0 atom stereocenters. The van der Waals surface area contributed by atoms with Crippen LogP contribution in [0.2, 0.25) is 0 Å². The topological polar surface area (TPSA) is 86.5 Å². The van der Waals surface area contributed by atoms with Crippen molar-refractivity contribution in [3.8, 4) is 44.5 Å². The van der Waals surface area contributed by atoms with E-state index in [9.17, 15) is 0 Å². The number of hydrogen-bond acceptors (Lipinski definition) is 3. The van der Waals surface area contributed by atoms with Gasteiger partial charge >= 0.3 is 0 Å². The van der Waals surface area contributed by atoms with Gasteiger partial charge in [0.1, 0.15) is 0 Å². The van der Waals surface area contributed by atoms with Crippen molar-refractivity contribution < 1.29 is 4.79 Å². The van der Waals surface area contributed by atoms with Gasteiger partial charge in [0.25, 0.3) is 5.91 Å². The average molecular weight is 1430 g/mol. The fourth-order valence-electron chi connectivity index (χ4n) is 14.5. The van der Waals surface area contributed by atoms with Gasteiger partial charge < -0.3 is 15.3 Å². The number of aromatic nitrogens is 4. The lowest BCUT2D eigenvalue weighted by molar-refractivity contribution is 0.0940. The first-order valence-electron chi connectivity index (χ1n) is 37.8. The van der Waals surface area contributed by atoms with Crippen LogP contribution in [0.4, 0.5) is 0 Å². The molecule has 0 fully saturated rings. The third-order valence-corrected chi connectivity index (χ3v) is 26.9. The first-order chi connectivity index (χ1) is 50.0. The summed E-state index contributed by atoms with van der Waals surface area (Å²) < 4.78 is 0. The van der Waals surface area contributed by atoms with Crippen LogP contribution in [0.1, 0.15) is 198 Å². The van der Waals surface area contributed by atoms with Gasteiger partial charge in [-0.1, -0.05) is 320 Å². The van der Waals surface area contributed by atoms with Gasteiger partial charge in [-0.15, -0.1) is 0 Å². The zero-order valence-corrected chi connectivity index (χ0v) is 67.8. The first-order valence-corrected chi connectivity index (χ1v) is 40.9. The molecule has 6 nitrogen and oxygen atoms in total. The number of carbonyl (C=O) groups excluding carboxylic acids is 1. The molecule has 3 N–H and O–H groups in total. The molecular formula is C98H107N5OP2. The summed E-state index contributed by atoms with van der Waals surface area (Å²) in [6, 6.07) is 82.8. The van der Waals surface area contributed by atoms with E-state index >= 15 is 4.79 Å². The maximum atomic E-state index is 15.3. The number of fused-ring (bicyclic) bond motifs is 8. The van der Waals surface area contributed by atoms with Gasteiger partial charge in [-0.2, -0.15) is 0 Å². The molecule has 0 saturated heterocycles. The van der Waals surface area contributed by atoms with Crippen LogP contribution in [0.5, 0.6) is 0 Å². The van der Waals surface area contributed by atoms with Crippen LogP contribution < -0.4 is 26.5 Å². The summed E-state index contributed by atoms with van der Waals surface area (Å²) >= 11 is 0. The van der Waals surface area contributed by atoms with E-state index in [-0.39, 0.29) is 43.8 Å². The molecule has 1 amide bonds. The van der Waals surface area contributed by atoms with E-state index in [1.54, 1.807) is 0 Å². The summed E-state index contributed by atoms with van der Waals surface area (Å²) in [5.74, 6) is -0.106. The Kier molecular flexibility index (Phi) is 20.6. The Bertz CT molecular complexity index is 4970. The second-order valence-electron chi connectivity index (χ2n) is 36.0. The van der Waals surface area contributed by atoms with Crippen molar-refractivity contribution >= 4 is 89.3 Å². The highest BCUT2D eigenvalue weighted by atomic mass is 31.1. The highest BCUT2D eigenvalue weighted by Gasteiger charge is 2.36. The molecule has 11 aromatic rings. The normalized spacial score (nSPS) is 13.1. The van der Waals surface area contributed by atoms with E-state index in [1.165, 1.54) is 54.6 Å². The molecule has 0 spiro atoms. The number of nitrogens with zero attached hydrogens (tertiary/aromatic N) is 2. The van der Waals surface area contributed by atoms with Gasteiger partial charge in [0.15, 0.2) is 0 Å². The Labute approximate surface area is 634 Å². The number of hydrogen-bond donors (Lipinski definition) is 3. The molecular weight excluding hydrogens is 1330 g/mol. The minimum absolute atomic E-state index is 0.106. The predicted octanol–water partition coefficient (Wildman–Crippen LogP) is 24.1. The number of nitrogens with one attached hydrogen (secondary N) is 3. The minimum Gasteiger partial charge on any atom is -0.354 e.